The molecule has 69 heavy (non-hydrogen) atoms. The van der Waals surface area contributed by atoms with Gasteiger partial charge in [0.05, 0.1) is 5.69 Å². The Hall–Kier alpha value is -7.55. The molecule has 0 radical (unpaired) electrons. The van der Waals surface area contributed by atoms with Crippen LogP contribution >= 0.6 is 23.5 Å². The van der Waals surface area contributed by atoms with Gasteiger partial charge in [-0.3, -0.25) is 0 Å². The van der Waals surface area contributed by atoms with Crippen LogP contribution in [-0.2, 0) is 0 Å². The average molecular weight is 931 g/mol. The summed E-state index contributed by atoms with van der Waals surface area (Å²) >= 11 is 3.71. The minimum Gasteiger partial charge on any atom is -0.458 e. The van der Waals surface area contributed by atoms with Gasteiger partial charge < -0.3 is 19.3 Å². The van der Waals surface area contributed by atoms with Crippen LogP contribution in [0.3, 0.4) is 0 Å². The molecule has 6 aliphatic rings. The van der Waals surface area contributed by atoms with E-state index in [1.807, 2.05) is 23.5 Å². The number of rotatable bonds is 2. The Balaban J connectivity index is 0.886. The number of para-hydroxylation sites is 5. The molecule has 10 aromatic rings. The molecule has 1 spiro atoms. The molecule has 6 heterocycles. The molecule has 6 aliphatic heterocycles. The second-order valence-electron chi connectivity index (χ2n) is 18.6. The van der Waals surface area contributed by atoms with E-state index in [1.165, 1.54) is 95.9 Å². The maximum Gasteiger partial charge on any atom is 0.253 e. The molecular weight excluding hydrogens is 895 g/mol. The molecule has 4 nitrogen and oxygen atoms in total. The van der Waals surface area contributed by atoms with Crippen LogP contribution in [0.4, 0.5) is 34.1 Å². The van der Waals surface area contributed by atoms with Crippen LogP contribution in [0, 0.1) is 0 Å². The molecule has 0 aliphatic carbocycles. The van der Waals surface area contributed by atoms with Crippen molar-refractivity contribution in [2.75, 3.05) is 9.80 Å². The van der Waals surface area contributed by atoms with Crippen LogP contribution in [0.15, 0.2) is 238 Å². The summed E-state index contributed by atoms with van der Waals surface area (Å²) < 4.78 is 13.9. The third kappa shape index (κ3) is 5.14. The van der Waals surface area contributed by atoms with Gasteiger partial charge in [-0.05, 0) is 109 Å². The van der Waals surface area contributed by atoms with Crippen molar-refractivity contribution in [1.29, 1.82) is 0 Å². The number of anilines is 6. The highest BCUT2D eigenvalue weighted by Crippen LogP contribution is 2.48. The van der Waals surface area contributed by atoms with E-state index in [9.17, 15) is 0 Å². The van der Waals surface area contributed by atoms with Crippen LogP contribution in [0.1, 0.15) is 0 Å². The normalized spacial score (nSPS) is 15.1. The van der Waals surface area contributed by atoms with Crippen molar-refractivity contribution in [3.63, 3.8) is 0 Å². The van der Waals surface area contributed by atoms with Gasteiger partial charge >= 0.3 is 0 Å². The van der Waals surface area contributed by atoms with E-state index >= 15 is 0 Å². The van der Waals surface area contributed by atoms with E-state index in [-0.39, 0.29) is 13.4 Å². The van der Waals surface area contributed by atoms with E-state index in [0.29, 0.717) is 0 Å². The van der Waals surface area contributed by atoms with Gasteiger partial charge in [-0.1, -0.05) is 174 Å². The summed E-state index contributed by atoms with van der Waals surface area (Å²) in [6.07, 6.45) is 0. The molecule has 0 saturated heterocycles. The SMILES string of the molecule is c1ccc2c(c1)Oc1cc(N3c4ccccc4[Si]4(c5ccccc5N(c5ccc6c(c5)Oc5cccc7c5B6c5ccccc5S7)c5ccccc54)c4ccccc43)cc3c1B2c1ccccc1S3. The minimum absolute atomic E-state index is 0.105. The van der Waals surface area contributed by atoms with Crippen molar-refractivity contribution in [3.8, 4) is 23.0 Å². The molecule has 16 rings (SSSR count). The van der Waals surface area contributed by atoms with Crippen molar-refractivity contribution in [3.05, 3.63) is 218 Å². The average Bonchev–Trinajstić information content (AvgIpc) is 3.40. The zero-order valence-electron chi connectivity index (χ0n) is 37.0. The Bertz CT molecular complexity index is 3730. The third-order valence-electron chi connectivity index (χ3n) is 15.3. The van der Waals surface area contributed by atoms with E-state index in [1.54, 1.807) is 0 Å². The van der Waals surface area contributed by atoms with Gasteiger partial charge in [-0.25, -0.2) is 0 Å². The van der Waals surface area contributed by atoms with Gasteiger partial charge in [0.2, 0.25) is 0 Å². The number of hydrogen-bond donors (Lipinski definition) is 0. The highest BCUT2D eigenvalue weighted by Gasteiger charge is 2.54. The second kappa shape index (κ2) is 14.2. The first-order valence-electron chi connectivity index (χ1n) is 23.6. The van der Waals surface area contributed by atoms with Crippen LogP contribution < -0.4 is 72.8 Å². The third-order valence-corrected chi connectivity index (χ3v) is 22.5. The number of benzene rings is 10. The smallest absolute Gasteiger partial charge is 0.253 e. The van der Waals surface area contributed by atoms with Crippen molar-refractivity contribution >= 4 is 133 Å². The lowest BCUT2D eigenvalue weighted by molar-refractivity contribution is 0.486. The number of hydrogen-bond acceptors (Lipinski definition) is 6. The molecule has 0 amide bonds. The zero-order chi connectivity index (χ0) is 45.0. The summed E-state index contributed by atoms with van der Waals surface area (Å²) in [5.41, 5.74) is 14.6. The van der Waals surface area contributed by atoms with Crippen molar-refractivity contribution < 1.29 is 9.47 Å². The Morgan fingerprint density at radius 2 is 0.754 bits per heavy atom. The van der Waals surface area contributed by atoms with Gasteiger partial charge in [-0.2, -0.15) is 0 Å². The van der Waals surface area contributed by atoms with Gasteiger partial charge in [0.15, 0.2) is 8.07 Å². The first-order valence-corrected chi connectivity index (χ1v) is 27.3. The lowest BCUT2D eigenvalue weighted by Gasteiger charge is -2.50. The predicted octanol–water partition coefficient (Wildman–Crippen LogP) is 8.80. The lowest BCUT2D eigenvalue weighted by atomic mass is 9.35. The lowest BCUT2D eigenvalue weighted by Crippen LogP contribution is -2.79. The topological polar surface area (TPSA) is 24.9 Å². The molecule has 0 bridgehead atoms. The molecule has 320 valence electrons. The molecule has 9 heteroatoms. The van der Waals surface area contributed by atoms with Crippen LogP contribution in [-0.4, -0.2) is 21.5 Å². The number of nitrogens with zero attached hydrogens (tertiary/aromatic N) is 2. The fourth-order valence-electron chi connectivity index (χ4n) is 12.6. The second-order valence-corrected chi connectivity index (χ2v) is 24.4. The van der Waals surface area contributed by atoms with Gasteiger partial charge in [0.25, 0.3) is 13.4 Å². The van der Waals surface area contributed by atoms with Gasteiger partial charge in [0.1, 0.15) is 23.0 Å². The number of ether oxygens (including phenoxy) is 2. The highest BCUT2D eigenvalue weighted by molar-refractivity contribution is 8.00. The molecule has 0 saturated carbocycles. The fourth-order valence-corrected chi connectivity index (χ4v) is 20.4. The first kappa shape index (κ1) is 38.4. The Morgan fingerprint density at radius 1 is 0.319 bits per heavy atom. The Kier molecular flexibility index (Phi) is 7.93. The zero-order valence-corrected chi connectivity index (χ0v) is 39.6. The maximum atomic E-state index is 6.95. The van der Waals surface area contributed by atoms with E-state index < -0.39 is 8.07 Å². The van der Waals surface area contributed by atoms with E-state index in [0.717, 1.165) is 34.4 Å². The number of fused-ring (bicyclic) bond motifs is 16. The molecule has 10 aromatic carbocycles. The quantitative estimate of drug-likeness (QED) is 0.161. The van der Waals surface area contributed by atoms with E-state index in [4.69, 9.17) is 9.47 Å². The minimum atomic E-state index is -3.03. The molecule has 0 unspecified atom stereocenters. The van der Waals surface area contributed by atoms with Crippen LogP contribution in [0.25, 0.3) is 0 Å². The standard InChI is InChI=1S/C60H36B2N2O2S2Si/c1-8-23-47-39(16-1)61-42-18-3-10-26-52(42)68-54-36-38(35-50(65-47)60(54)61)64-45-21-6-13-30-57(45)69(58-31-14-7-22-46(58)64)55-28-11-4-19-43(55)63(44-20-5-12-29-56(44)69)37-32-33-40-49(34-37)66-48-24-15-27-53-59(48)62(40)41-17-2-9-25-51(41)67-53/h1-36H. The Labute approximate surface area is 410 Å². The summed E-state index contributed by atoms with van der Waals surface area (Å²) in [5, 5.41) is 5.47. The first-order chi connectivity index (χ1) is 34.2. The fraction of sp³-hybridized carbons (Fsp3) is 0. The van der Waals surface area contributed by atoms with Crippen LogP contribution in [0.5, 0.6) is 23.0 Å². The Morgan fingerprint density at radius 3 is 1.38 bits per heavy atom. The van der Waals surface area contributed by atoms with Crippen molar-refractivity contribution in [2.24, 2.45) is 0 Å². The monoisotopic (exact) mass is 930 g/mol. The predicted molar refractivity (Wildman–Crippen MR) is 290 cm³/mol. The highest BCUT2D eigenvalue weighted by atomic mass is 32.2. The van der Waals surface area contributed by atoms with Crippen molar-refractivity contribution in [2.45, 2.75) is 19.6 Å². The van der Waals surface area contributed by atoms with Gasteiger partial charge in [-0.15, -0.1) is 0 Å². The molecule has 0 fully saturated rings. The van der Waals surface area contributed by atoms with Gasteiger partial charge in [0, 0.05) is 60.2 Å². The summed E-state index contributed by atoms with van der Waals surface area (Å²) in [6, 6.07) is 81.4. The van der Waals surface area contributed by atoms with E-state index in [2.05, 4.69) is 228 Å². The maximum absolute atomic E-state index is 6.95. The molecule has 0 atom stereocenters. The molecular formula is C60H36B2N2O2S2Si. The van der Waals surface area contributed by atoms with Crippen molar-refractivity contribution in [1.82, 2.24) is 0 Å². The largest absolute Gasteiger partial charge is 0.458 e. The van der Waals surface area contributed by atoms with Crippen LogP contribution in [0.2, 0.25) is 0 Å². The summed E-state index contributed by atoms with van der Waals surface area (Å²) in [7, 11) is -3.03. The summed E-state index contributed by atoms with van der Waals surface area (Å²) in [6.45, 7) is 0.211. The molecule has 0 N–H and O–H groups in total. The molecule has 0 aromatic heterocycles. The summed E-state index contributed by atoms with van der Waals surface area (Å²) in [5.74, 6) is 3.70. The summed E-state index contributed by atoms with van der Waals surface area (Å²) in [4.78, 5) is 10.1.